The van der Waals surface area contributed by atoms with Crippen LogP contribution in [0.3, 0.4) is 0 Å². The van der Waals surface area contributed by atoms with Crippen LogP contribution in [0.15, 0.2) is 36.2 Å². The van der Waals surface area contributed by atoms with Crippen LogP contribution in [0.4, 0.5) is 16.3 Å². The third-order valence-corrected chi connectivity index (χ3v) is 11.3. The predicted molar refractivity (Wildman–Crippen MR) is 225 cm³/mol. The Kier molecular flexibility index (Phi) is 19.1. The number of allylic oxidation sites excluding steroid dienone is 4. The molecule has 60 heavy (non-hydrogen) atoms. The molecule has 0 spiro atoms. The summed E-state index contributed by atoms with van der Waals surface area (Å²) in [7, 11) is -5.40. The third kappa shape index (κ3) is 15.7. The van der Waals surface area contributed by atoms with Gasteiger partial charge >= 0.3 is 11.9 Å². The summed E-state index contributed by atoms with van der Waals surface area (Å²) < 4.78 is 67.8. The number of hydrogen-bond acceptors (Lipinski definition) is 14. The Balaban J connectivity index is 3.15. The highest BCUT2D eigenvalue weighted by Crippen LogP contribution is 2.35. The number of anilines is 2. The second-order valence-corrected chi connectivity index (χ2v) is 18.9. The molecule has 2 heterocycles. The number of aliphatic hydroxyl groups is 4. The van der Waals surface area contributed by atoms with Gasteiger partial charge in [-0.2, -0.15) is 0 Å². The highest BCUT2D eigenvalue weighted by atomic mass is 32.2. The van der Waals surface area contributed by atoms with Crippen LogP contribution >= 0.6 is 0 Å². The van der Waals surface area contributed by atoms with Crippen molar-refractivity contribution in [3.8, 4) is 0 Å². The minimum Gasteiger partial charge on any atom is -0.481 e. The fourth-order valence-electron chi connectivity index (χ4n) is 5.73. The number of carboxylic acid groups (broad SMARTS) is 2. The van der Waals surface area contributed by atoms with Crippen molar-refractivity contribution in [2.24, 2.45) is 0 Å². The highest BCUT2D eigenvalue weighted by Gasteiger charge is 2.28. The summed E-state index contributed by atoms with van der Waals surface area (Å²) in [6.07, 6.45) is 3.42. The Hall–Kier alpha value is -4.67. The third-order valence-electron chi connectivity index (χ3n) is 9.03. The van der Waals surface area contributed by atoms with Crippen LogP contribution < -0.4 is 8.61 Å². The summed E-state index contributed by atoms with van der Waals surface area (Å²) in [4.78, 5) is 40.7. The number of aliphatic carboxylic acids is 2. The molecule has 18 nitrogen and oxygen atoms in total. The monoisotopic (exact) mass is 884 g/mol. The minimum atomic E-state index is -3.95. The largest absolute Gasteiger partial charge is 0.481 e. The van der Waals surface area contributed by atoms with Crippen LogP contribution in [-0.4, -0.2) is 130 Å². The molecule has 21 heteroatoms. The molecule has 334 valence electrons. The zero-order chi connectivity index (χ0) is 45.9. The van der Waals surface area contributed by atoms with E-state index in [2.05, 4.69) is 19.9 Å². The Morgan fingerprint density at radius 1 is 0.683 bits per heavy atom. The summed E-state index contributed by atoms with van der Waals surface area (Å²) in [6.45, 7) is 8.53. The first-order valence-electron chi connectivity index (χ1n) is 18.9. The van der Waals surface area contributed by atoms with Gasteiger partial charge in [-0.15, -0.1) is 0 Å². The van der Waals surface area contributed by atoms with Gasteiger partial charge in [-0.3, -0.25) is 9.59 Å². The van der Waals surface area contributed by atoms with Gasteiger partial charge in [0, 0.05) is 50.4 Å². The van der Waals surface area contributed by atoms with Gasteiger partial charge in [0.1, 0.15) is 5.83 Å². The number of carbonyl (C=O) groups is 2. The van der Waals surface area contributed by atoms with Crippen molar-refractivity contribution in [3.05, 3.63) is 70.1 Å². The van der Waals surface area contributed by atoms with E-state index in [1.54, 1.807) is 27.7 Å². The molecule has 6 N–H and O–H groups in total. The zero-order valence-corrected chi connectivity index (χ0v) is 36.8. The normalized spacial score (nSPS) is 15.6. The van der Waals surface area contributed by atoms with Crippen molar-refractivity contribution in [2.45, 2.75) is 109 Å². The first-order valence-corrected chi connectivity index (χ1v) is 22.6. The SMILES string of the molecule is C/C=C(F)\C=C/C(Cc1nc(N(C)S(C)(=O)=O)nc(C(C)C)c1C=C[C@@H](O)C[C@@H](O)CC(=O)O)c1nc(N(C)S(C)(=O)=O)nc(C(C)C)c1C=C[C@@H](O)C[C@@H](O)CC(=O)O. The fourth-order valence-corrected chi connectivity index (χ4v) is 6.49. The van der Waals surface area contributed by atoms with Crippen molar-refractivity contribution in [2.75, 3.05) is 35.2 Å². The summed E-state index contributed by atoms with van der Waals surface area (Å²) in [5, 5.41) is 60.1. The van der Waals surface area contributed by atoms with Gasteiger partial charge in [0.25, 0.3) is 0 Å². The van der Waals surface area contributed by atoms with E-state index in [9.17, 15) is 51.2 Å². The number of aliphatic hydroxyl groups excluding tert-OH is 4. The predicted octanol–water partition coefficient (Wildman–Crippen LogP) is 3.26. The minimum absolute atomic E-state index is 0.100. The van der Waals surface area contributed by atoms with Crippen LogP contribution in [-0.2, 0) is 36.1 Å². The number of carboxylic acids is 2. The molecule has 0 aliphatic heterocycles. The molecule has 0 aromatic carbocycles. The molecule has 1 unspecified atom stereocenters. The van der Waals surface area contributed by atoms with Crippen molar-refractivity contribution in [1.29, 1.82) is 0 Å². The molecule has 0 radical (unpaired) electrons. The van der Waals surface area contributed by atoms with Gasteiger partial charge in [0.15, 0.2) is 0 Å². The van der Waals surface area contributed by atoms with Gasteiger partial charge in [0.05, 0.1) is 72.5 Å². The van der Waals surface area contributed by atoms with Gasteiger partial charge in [-0.25, -0.2) is 49.8 Å². The molecule has 0 saturated carbocycles. The number of hydrogen-bond donors (Lipinski definition) is 6. The lowest BCUT2D eigenvalue weighted by molar-refractivity contribution is -0.140. The quantitative estimate of drug-likeness (QED) is 0.0874. The lowest BCUT2D eigenvalue weighted by Gasteiger charge is -2.25. The number of rotatable bonds is 23. The van der Waals surface area contributed by atoms with Gasteiger partial charge in [0.2, 0.25) is 31.9 Å². The van der Waals surface area contributed by atoms with Gasteiger partial charge in [-0.1, -0.05) is 64.2 Å². The topological polar surface area (TPSA) is 282 Å². The van der Waals surface area contributed by atoms with Crippen molar-refractivity contribution >= 4 is 56.0 Å². The lowest BCUT2D eigenvalue weighted by atomic mass is 9.88. The maximum Gasteiger partial charge on any atom is 0.305 e. The second kappa shape index (κ2) is 22.3. The number of nitrogens with zero attached hydrogens (tertiary/aromatic N) is 6. The van der Waals surface area contributed by atoms with Crippen molar-refractivity contribution < 1.29 is 61.5 Å². The first kappa shape index (κ1) is 51.5. The number of sulfonamides is 2. The van der Waals surface area contributed by atoms with E-state index in [4.69, 9.17) is 10.2 Å². The van der Waals surface area contributed by atoms with E-state index in [1.165, 1.54) is 57.5 Å². The van der Waals surface area contributed by atoms with Gasteiger partial charge in [-0.05, 0) is 24.8 Å². The van der Waals surface area contributed by atoms with Crippen LogP contribution in [0.2, 0.25) is 0 Å². The Bertz CT molecular complexity index is 2180. The summed E-state index contributed by atoms with van der Waals surface area (Å²) in [5.41, 5.74) is 1.40. The molecular formula is C39H57FN6O12S2. The van der Waals surface area contributed by atoms with Crippen LogP contribution in [0.25, 0.3) is 12.2 Å². The molecule has 0 aliphatic rings. The van der Waals surface area contributed by atoms with E-state index in [1.807, 2.05) is 0 Å². The van der Waals surface area contributed by atoms with E-state index in [-0.39, 0.29) is 53.8 Å². The summed E-state index contributed by atoms with van der Waals surface area (Å²) in [6, 6.07) is 0. The molecular weight excluding hydrogens is 828 g/mol. The average molecular weight is 885 g/mol. The molecule has 0 fully saturated rings. The maximum atomic E-state index is 15.0. The Labute approximate surface area is 350 Å². The summed E-state index contributed by atoms with van der Waals surface area (Å²) in [5.74, 6) is -5.59. The lowest BCUT2D eigenvalue weighted by Crippen LogP contribution is -2.29. The molecule has 0 saturated heterocycles. The van der Waals surface area contributed by atoms with E-state index < -0.39 is 92.8 Å². The molecule has 0 amide bonds. The number of halogens is 1. The average Bonchev–Trinajstić information content (AvgIpc) is 3.11. The second-order valence-electron chi connectivity index (χ2n) is 14.9. The Morgan fingerprint density at radius 3 is 1.48 bits per heavy atom. The fraction of sp³-hybridized carbons (Fsp3) is 0.538. The van der Waals surface area contributed by atoms with Crippen LogP contribution in [0.1, 0.15) is 112 Å². The van der Waals surface area contributed by atoms with Crippen LogP contribution in [0, 0.1) is 0 Å². The molecule has 0 bridgehead atoms. The van der Waals surface area contributed by atoms with Crippen molar-refractivity contribution in [1.82, 2.24) is 19.9 Å². The Morgan fingerprint density at radius 2 is 1.08 bits per heavy atom. The molecule has 0 aliphatic carbocycles. The first-order chi connectivity index (χ1) is 27.7. The van der Waals surface area contributed by atoms with Crippen molar-refractivity contribution in [3.63, 3.8) is 0 Å². The molecule has 2 aromatic rings. The molecule has 2 aromatic heterocycles. The highest BCUT2D eigenvalue weighted by molar-refractivity contribution is 7.92. The van der Waals surface area contributed by atoms with E-state index in [0.717, 1.165) is 27.2 Å². The molecule has 2 rings (SSSR count). The molecule has 5 atom stereocenters. The summed E-state index contributed by atoms with van der Waals surface area (Å²) >= 11 is 0. The van der Waals surface area contributed by atoms with E-state index >= 15 is 0 Å². The van der Waals surface area contributed by atoms with Gasteiger partial charge < -0.3 is 30.6 Å². The number of aromatic nitrogens is 4. The van der Waals surface area contributed by atoms with E-state index in [0.29, 0.717) is 11.3 Å². The standard InChI is InChI=1S/C39H57FN6O12S2/c1-10-25(40)12-11-24(37-31(16-14-27(48)19-29(50)21-34(53)54)36(23(4)5)43-39(44-37)46(7)60(9,57)58)17-32-30(15-13-26(47)18-28(49)20-33(51)52)35(22(2)3)42-38(41-32)45(6)59(8,55)56/h10-16,22-24,26-29,47-50H,17-21H2,1-9H3,(H,51,52)(H,53,54)/b12-11-,15-13?,16-14?,25-10+/t24?,26-,27-,28-,29-/m1/s1. The zero-order valence-electron chi connectivity index (χ0n) is 35.1. The maximum absolute atomic E-state index is 15.0. The van der Waals surface area contributed by atoms with Crippen LogP contribution in [0.5, 0.6) is 0 Å². The smallest absolute Gasteiger partial charge is 0.305 e.